The summed E-state index contributed by atoms with van der Waals surface area (Å²) in [7, 11) is -3.66. The molecule has 0 unspecified atom stereocenters. The van der Waals surface area contributed by atoms with Crippen molar-refractivity contribution in [3.63, 3.8) is 0 Å². The molecule has 1 N–H and O–H groups in total. The van der Waals surface area contributed by atoms with E-state index >= 15 is 0 Å². The number of anilines is 1. The van der Waals surface area contributed by atoms with Crippen molar-refractivity contribution < 1.29 is 22.4 Å². The first kappa shape index (κ1) is 29.9. The van der Waals surface area contributed by atoms with Crippen LogP contribution < -0.4 is 9.62 Å². The summed E-state index contributed by atoms with van der Waals surface area (Å²) in [5.74, 6) is -1.12. The summed E-state index contributed by atoms with van der Waals surface area (Å²) in [4.78, 5) is 27.6. The molecule has 0 aliphatic heterocycles. The molecule has 2 amide bonds. The zero-order valence-corrected chi connectivity index (χ0v) is 23.1. The molecule has 36 heavy (non-hydrogen) atoms. The van der Waals surface area contributed by atoms with Gasteiger partial charge in [-0.05, 0) is 68.7 Å². The number of rotatable bonds is 12. The summed E-state index contributed by atoms with van der Waals surface area (Å²) in [6.45, 7) is 5.56. The van der Waals surface area contributed by atoms with E-state index in [0.717, 1.165) is 17.0 Å². The van der Waals surface area contributed by atoms with Gasteiger partial charge >= 0.3 is 0 Å². The first-order valence-corrected chi connectivity index (χ1v) is 14.2. The van der Waals surface area contributed by atoms with E-state index in [2.05, 4.69) is 5.32 Å². The fourth-order valence-electron chi connectivity index (χ4n) is 3.49. The van der Waals surface area contributed by atoms with Gasteiger partial charge < -0.3 is 10.2 Å². The van der Waals surface area contributed by atoms with Gasteiger partial charge in [-0.1, -0.05) is 36.2 Å². The lowest BCUT2D eigenvalue weighted by Gasteiger charge is -2.30. The van der Waals surface area contributed by atoms with Crippen LogP contribution in [0.15, 0.2) is 42.5 Å². The Bertz CT molecular complexity index is 1160. The van der Waals surface area contributed by atoms with Gasteiger partial charge in [0.05, 0.1) is 11.9 Å². The van der Waals surface area contributed by atoms with Crippen LogP contribution in [0, 0.1) is 5.82 Å². The molecule has 0 heterocycles. The average Bonchev–Trinajstić information content (AvgIpc) is 2.80. The van der Waals surface area contributed by atoms with Gasteiger partial charge in [0.2, 0.25) is 21.8 Å². The highest BCUT2D eigenvalue weighted by atomic mass is 35.5. The zero-order chi connectivity index (χ0) is 27.0. The first-order chi connectivity index (χ1) is 16.8. The monoisotopic (exact) mass is 559 g/mol. The number of hydrogen-bond acceptors (Lipinski definition) is 4. The minimum atomic E-state index is -3.66. The molecule has 0 radical (unpaired) electrons. The fourth-order valence-corrected chi connectivity index (χ4v) is 4.93. The van der Waals surface area contributed by atoms with Crippen LogP contribution in [0.3, 0.4) is 0 Å². The minimum Gasteiger partial charge on any atom is -0.352 e. The number of carbonyl (C=O) groups is 2. The predicted octanol–water partition coefficient (Wildman–Crippen LogP) is 5.01. The summed E-state index contributed by atoms with van der Waals surface area (Å²) in [5.41, 5.74) is 0.930. The van der Waals surface area contributed by atoms with Crippen molar-refractivity contribution in [2.24, 2.45) is 0 Å². The molecular formula is C25H32Cl2FN3O4S. The van der Waals surface area contributed by atoms with Gasteiger partial charge in [-0.25, -0.2) is 12.8 Å². The number of benzene rings is 2. The van der Waals surface area contributed by atoms with Crippen LogP contribution in [0.4, 0.5) is 10.1 Å². The van der Waals surface area contributed by atoms with Gasteiger partial charge in [0.15, 0.2) is 0 Å². The second kappa shape index (κ2) is 13.3. The van der Waals surface area contributed by atoms with Crippen molar-refractivity contribution >= 4 is 50.7 Å². The summed E-state index contributed by atoms with van der Waals surface area (Å²) in [6, 6.07) is 9.16. The highest BCUT2D eigenvalue weighted by molar-refractivity contribution is 7.92. The van der Waals surface area contributed by atoms with E-state index in [1.807, 2.05) is 13.8 Å². The number of nitrogens with one attached hydrogen (secondary N) is 1. The molecule has 198 valence electrons. The molecule has 0 bridgehead atoms. The molecule has 7 nitrogen and oxygen atoms in total. The maximum absolute atomic E-state index is 13.3. The maximum Gasteiger partial charge on any atom is 0.242 e. The topological polar surface area (TPSA) is 86.8 Å². The lowest BCUT2D eigenvalue weighted by atomic mass is 10.1. The van der Waals surface area contributed by atoms with Gasteiger partial charge in [-0.15, -0.1) is 0 Å². The van der Waals surface area contributed by atoms with Crippen LogP contribution in [0.5, 0.6) is 0 Å². The summed E-state index contributed by atoms with van der Waals surface area (Å²) in [5, 5.41) is 3.71. The SMILES string of the molecule is CC[C@H](C)NC(=O)[C@@H](C)N(Cc1ccc(Cl)cc1Cl)C(=O)CCCN(c1ccc(F)cc1)S(C)(=O)=O. The molecule has 0 saturated carbocycles. The molecule has 0 aromatic heterocycles. The van der Waals surface area contributed by atoms with E-state index < -0.39 is 21.9 Å². The average molecular weight is 561 g/mol. The maximum atomic E-state index is 13.3. The summed E-state index contributed by atoms with van der Waals surface area (Å²) >= 11 is 12.3. The van der Waals surface area contributed by atoms with E-state index in [1.54, 1.807) is 25.1 Å². The Labute approximate surface area is 222 Å². The summed E-state index contributed by atoms with van der Waals surface area (Å²) in [6.07, 6.45) is 1.96. The van der Waals surface area contributed by atoms with Crippen molar-refractivity contribution in [2.45, 2.75) is 58.7 Å². The van der Waals surface area contributed by atoms with Crippen LogP contribution in [-0.4, -0.2) is 50.0 Å². The quantitative estimate of drug-likeness (QED) is 0.396. The van der Waals surface area contributed by atoms with Crippen LogP contribution in [0.2, 0.25) is 10.0 Å². The Morgan fingerprint density at radius 2 is 1.72 bits per heavy atom. The van der Waals surface area contributed by atoms with Crippen LogP contribution >= 0.6 is 23.2 Å². The third kappa shape index (κ3) is 8.64. The Kier molecular flexibility index (Phi) is 11.0. The van der Waals surface area contributed by atoms with Crippen LogP contribution in [-0.2, 0) is 26.2 Å². The first-order valence-electron chi connectivity index (χ1n) is 11.6. The van der Waals surface area contributed by atoms with Gasteiger partial charge in [-0.3, -0.25) is 13.9 Å². The lowest BCUT2D eigenvalue weighted by Crippen LogP contribution is -2.49. The molecule has 0 saturated heterocycles. The third-order valence-electron chi connectivity index (χ3n) is 5.79. The van der Waals surface area contributed by atoms with Crippen molar-refractivity contribution in [3.05, 3.63) is 63.9 Å². The Balaban J connectivity index is 2.20. The molecule has 2 aromatic rings. The van der Waals surface area contributed by atoms with Crippen LogP contribution in [0.1, 0.15) is 45.6 Å². The molecule has 11 heteroatoms. The molecular weight excluding hydrogens is 528 g/mol. The number of sulfonamides is 1. The van der Waals surface area contributed by atoms with Gasteiger partial charge in [0, 0.05) is 35.6 Å². The standard InChI is InChI=1S/C25H32Cl2FN3O4S/c1-5-17(2)29-25(33)18(3)30(16-19-8-9-20(26)15-23(19)27)24(32)7-6-14-31(36(4,34)35)22-12-10-21(28)11-13-22/h8-13,15,17-18H,5-7,14,16H2,1-4H3,(H,29,33)/t17-,18+/m0/s1. The normalized spacial score (nSPS) is 13.1. The Morgan fingerprint density at radius 1 is 1.08 bits per heavy atom. The highest BCUT2D eigenvalue weighted by Gasteiger charge is 2.27. The van der Waals surface area contributed by atoms with Gasteiger partial charge in [-0.2, -0.15) is 0 Å². The highest BCUT2D eigenvalue weighted by Crippen LogP contribution is 2.24. The van der Waals surface area contributed by atoms with Crippen molar-refractivity contribution in [1.82, 2.24) is 10.2 Å². The van der Waals surface area contributed by atoms with Gasteiger partial charge in [0.1, 0.15) is 11.9 Å². The Hall–Kier alpha value is -2.36. The van der Waals surface area contributed by atoms with E-state index in [9.17, 15) is 22.4 Å². The predicted molar refractivity (Wildman–Crippen MR) is 142 cm³/mol. The van der Waals surface area contributed by atoms with Crippen molar-refractivity contribution in [3.8, 4) is 0 Å². The number of hydrogen-bond donors (Lipinski definition) is 1. The molecule has 2 rings (SSSR count). The number of halogens is 3. The van der Waals surface area contributed by atoms with Gasteiger partial charge in [0.25, 0.3) is 0 Å². The van der Waals surface area contributed by atoms with Crippen molar-refractivity contribution in [2.75, 3.05) is 17.1 Å². The summed E-state index contributed by atoms with van der Waals surface area (Å²) < 4.78 is 39.1. The molecule has 0 fully saturated rings. The molecule has 0 aliphatic carbocycles. The smallest absolute Gasteiger partial charge is 0.242 e. The second-order valence-electron chi connectivity index (χ2n) is 8.67. The number of amides is 2. The van der Waals surface area contributed by atoms with E-state index in [-0.39, 0.29) is 43.8 Å². The number of nitrogens with zero attached hydrogens (tertiary/aromatic N) is 2. The molecule has 0 spiro atoms. The van der Waals surface area contributed by atoms with Crippen molar-refractivity contribution in [1.29, 1.82) is 0 Å². The lowest BCUT2D eigenvalue weighted by molar-refractivity contribution is -0.140. The minimum absolute atomic E-state index is 0.0131. The Morgan fingerprint density at radius 3 is 2.28 bits per heavy atom. The molecule has 2 aromatic carbocycles. The second-order valence-corrected chi connectivity index (χ2v) is 11.4. The van der Waals surface area contributed by atoms with E-state index in [1.165, 1.54) is 29.2 Å². The fraction of sp³-hybridized carbons (Fsp3) is 0.440. The molecule has 2 atom stereocenters. The van der Waals surface area contributed by atoms with E-state index in [4.69, 9.17) is 23.2 Å². The zero-order valence-electron chi connectivity index (χ0n) is 20.8. The van der Waals surface area contributed by atoms with Crippen LogP contribution in [0.25, 0.3) is 0 Å². The largest absolute Gasteiger partial charge is 0.352 e. The molecule has 0 aliphatic rings. The third-order valence-corrected chi connectivity index (χ3v) is 7.57. The number of carbonyl (C=O) groups excluding carboxylic acids is 2. The van der Waals surface area contributed by atoms with E-state index in [0.29, 0.717) is 21.3 Å².